The molecular weight excluding hydrogens is 190 g/mol. The van der Waals surface area contributed by atoms with E-state index in [0.29, 0.717) is 13.0 Å². The minimum Gasteiger partial charge on any atom is -0.480 e. The molecule has 4 heteroatoms. The van der Waals surface area contributed by atoms with Crippen molar-refractivity contribution in [2.75, 3.05) is 6.54 Å². The Labute approximate surface area is 83.8 Å². The summed E-state index contributed by atoms with van der Waals surface area (Å²) in [6, 6.07) is 0. The highest BCUT2D eigenvalue weighted by Crippen LogP contribution is 2.11. The second-order valence-corrected chi connectivity index (χ2v) is 3.38. The molecule has 0 aromatic carbocycles. The lowest BCUT2D eigenvalue weighted by Gasteiger charge is -2.24. The molecule has 0 aromatic heterocycles. The van der Waals surface area contributed by atoms with Crippen LogP contribution in [0.25, 0.3) is 0 Å². The maximum atomic E-state index is 10.9. The van der Waals surface area contributed by atoms with E-state index >= 15 is 0 Å². The molecule has 76 valence electrons. The predicted octanol–water partition coefficient (Wildman–Crippen LogP) is 1.97. The fourth-order valence-electron chi connectivity index (χ4n) is 1.10. The van der Waals surface area contributed by atoms with E-state index in [4.69, 9.17) is 16.7 Å². The van der Waals surface area contributed by atoms with Crippen LogP contribution in [0.5, 0.6) is 0 Å². The molecule has 1 unspecified atom stereocenters. The van der Waals surface area contributed by atoms with Gasteiger partial charge in [-0.25, -0.2) is 0 Å². The molecule has 0 aliphatic rings. The van der Waals surface area contributed by atoms with Crippen LogP contribution in [0, 0.1) is 0 Å². The normalized spacial score (nSPS) is 15.9. The van der Waals surface area contributed by atoms with Gasteiger partial charge in [0, 0.05) is 12.1 Å². The first-order valence-corrected chi connectivity index (χ1v) is 4.74. The van der Waals surface area contributed by atoms with Crippen molar-refractivity contribution in [3.63, 3.8) is 0 Å². The van der Waals surface area contributed by atoms with Gasteiger partial charge in [0.1, 0.15) is 5.54 Å². The van der Waals surface area contributed by atoms with E-state index in [1.54, 1.807) is 13.0 Å². The molecule has 1 atom stereocenters. The van der Waals surface area contributed by atoms with E-state index in [-0.39, 0.29) is 0 Å². The van der Waals surface area contributed by atoms with Crippen molar-refractivity contribution in [2.45, 2.75) is 32.2 Å². The van der Waals surface area contributed by atoms with Gasteiger partial charge in [0.05, 0.1) is 0 Å². The number of rotatable bonds is 6. The van der Waals surface area contributed by atoms with Crippen molar-refractivity contribution in [1.82, 2.24) is 5.32 Å². The highest BCUT2D eigenvalue weighted by molar-refractivity contribution is 6.25. The number of aliphatic carboxylic acids is 1. The van der Waals surface area contributed by atoms with Crippen LogP contribution in [-0.2, 0) is 4.79 Å². The van der Waals surface area contributed by atoms with Crippen LogP contribution in [-0.4, -0.2) is 23.2 Å². The van der Waals surface area contributed by atoms with E-state index in [1.807, 2.05) is 6.92 Å². The number of carboxylic acid groups (broad SMARTS) is 1. The summed E-state index contributed by atoms with van der Waals surface area (Å²) in [6.07, 6.45) is 3.12. The van der Waals surface area contributed by atoms with Crippen LogP contribution in [0.4, 0.5) is 0 Å². The Balaban J connectivity index is 4.15. The number of hydrogen-bond acceptors (Lipinski definition) is 2. The minimum absolute atomic E-state index is 0.478. The van der Waals surface area contributed by atoms with Gasteiger partial charge < -0.3 is 5.11 Å². The van der Waals surface area contributed by atoms with Crippen molar-refractivity contribution in [3.05, 3.63) is 11.6 Å². The summed E-state index contributed by atoms with van der Waals surface area (Å²) < 4.78 is 0. The lowest BCUT2D eigenvalue weighted by atomic mass is 9.96. The van der Waals surface area contributed by atoms with Crippen molar-refractivity contribution in [1.29, 1.82) is 0 Å². The van der Waals surface area contributed by atoms with Crippen LogP contribution < -0.4 is 5.32 Å². The van der Waals surface area contributed by atoms with Gasteiger partial charge in [-0.05, 0) is 13.3 Å². The average Bonchev–Trinajstić information content (AvgIpc) is 2.05. The van der Waals surface area contributed by atoms with Gasteiger partial charge in [0.2, 0.25) is 0 Å². The van der Waals surface area contributed by atoms with Crippen LogP contribution in [0.2, 0.25) is 0 Å². The third-order valence-electron chi connectivity index (χ3n) is 1.92. The molecule has 0 spiro atoms. The first kappa shape index (κ1) is 12.5. The third kappa shape index (κ3) is 4.29. The zero-order valence-corrected chi connectivity index (χ0v) is 8.77. The molecule has 0 aliphatic carbocycles. The number of carbonyl (C=O) groups is 1. The van der Waals surface area contributed by atoms with Crippen molar-refractivity contribution >= 4 is 17.6 Å². The third-order valence-corrected chi connectivity index (χ3v) is 2.10. The van der Waals surface area contributed by atoms with E-state index in [9.17, 15) is 4.79 Å². The molecule has 3 nitrogen and oxygen atoms in total. The molecule has 0 heterocycles. The Hall–Kier alpha value is -0.540. The monoisotopic (exact) mass is 205 g/mol. The van der Waals surface area contributed by atoms with Gasteiger partial charge in [-0.15, -0.1) is 0 Å². The standard InChI is InChI=1S/C9H16ClNO2/c1-3-5-9(2,8(12)13)11-7-4-6-10/h4,6,11H,3,5,7H2,1-2H3,(H,12,13)/b6-4+. The molecule has 0 saturated carbocycles. The Kier molecular flexibility index (Phi) is 5.75. The van der Waals surface area contributed by atoms with Crippen molar-refractivity contribution in [3.8, 4) is 0 Å². The zero-order chi connectivity index (χ0) is 10.3. The van der Waals surface area contributed by atoms with Gasteiger partial charge >= 0.3 is 5.97 Å². The quantitative estimate of drug-likeness (QED) is 0.697. The summed E-state index contributed by atoms with van der Waals surface area (Å²) in [5.41, 5.74) is 0.534. The van der Waals surface area contributed by atoms with E-state index in [0.717, 1.165) is 6.42 Å². The molecule has 0 radical (unpaired) electrons. The predicted molar refractivity (Wildman–Crippen MR) is 53.9 cm³/mol. The second-order valence-electron chi connectivity index (χ2n) is 3.13. The second kappa shape index (κ2) is 6.00. The molecule has 0 bridgehead atoms. The molecule has 2 N–H and O–H groups in total. The van der Waals surface area contributed by atoms with Gasteiger partial charge in [-0.2, -0.15) is 0 Å². The van der Waals surface area contributed by atoms with Crippen LogP contribution in [0.1, 0.15) is 26.7 Å². The lowest BCUT2D eigenvalue weighted by Crippen LogP contribution is -2.49. The number of nitrogens with one attached hydrogen (secondary N) is 1. The summed E-state index contributed by atoms with van der Waals surface area (Å²) in [5.74, 6) is -0.822. The first-order chi connectivity index (χ1) is 6.06. The van der Waals surface area contributed by atoms with Crippen LogP contribution in [0.3, 0.4) is 0 Å². The Morgan fingerprint density at radius 3 is 2.69 bits per heavy atom. The lowest BCUT2D eigenvalue weighted by molar-refractivity contribution is -0.144. The maximum Gasteiger partial charge on any atom is 0.323 e. The number of carboxylic acids is 1. The SMILES string of the molecule is CCCC(C)(NC/C=C/Cl)C(=O)O. The minimum atomic E-state index is -0.842. The smallest absolute Gasteiger partial charge is 0.323 e. The molecule has 13 heavy (non-hydrogen) atoms. The maximum absolute atomic E-state index is 10.9. The Morgan fingerprint density at radius 2 is 2.31 bits per heavy atom. The molecule has 0 saturated heterocycles. The molecule has 0 aromatic rings. The topological polar surface area (TPSA) is 49.3 Å². The summed E-state index contributed by atoms with van der Waals surface area (Å²) in [6.45, 7) is 4.12. The molecule has 0 aliphatic heterocycles. The summed E-state index contributed by atoms with van der Waals surface area (Å²) >= 11 is 5.32. The molecular formula is C9H16ClNO2. The summed E-state index contributed by atoms with van der Waals surface area (Å²) in [4.78, 5) is 10.9. The van der Waals surface area contributed by atoms with Crippen LogP contribution in [0.15, 0.2) is 11.6 Å². The Morgan fingerprint density at radius 1 is 1.69 bits per heavy atom. The fraction of sp³-hybridized carbons (Fsp3) is 0.667. The summed E-state index contributed by atoms with van der Waals surface area (Å²) in [5, 5.41) is 11.9. The van der Waals surface area contributed by atoms with Gasteiger partial charge in [0.25, 0.3) is 0 Å². The first-order valence-electron chi connectivity index (χ1n) is 4.30. The average molecular weight is 206 g/mol. The molecule has 0 rings (SSSR count). The highest BCUT2D eigenvalue weighted by Gasteiger charge is 2.30. The van der Waals surface area contributed by atoms with Gasteiger partial charge in [-0.3, -0.25) is 10.1 Å². The molecule has 0 fully saturated rings. The number of halogens is 1. The van der Waals surface area contributed by atoms with Crippen molar-refractivity contribution in [2.24, 2.45) is 0 Å². The zero-order valence-electron chi connectivity index (χ0n) is 8.01. The Bertz CT molecular complexity index is 194. The largest absolute Gasteiger partial charge is 0.480 e. The van der Waals surface area contributed by atoms with E-state index in [1.165, 1.54) is 5.54 Å². The van der Waals surface area contributed by atoms with Gasteiger partial charge in [-0.1, -0.05) is 31.0 Å². The number of hydrogen-bond donors (Lipinski definition) is 2. The van der Waals surface area contributed by atoms with Crippen molar-refractivity contribution < 1.29 is 9.90 Å². The van der Waals surface area contributed by atoms with E-state index < -0.39 is 11.5 Å². The summed E-state index contributed by atoms with van der Waals surface area (Å²) in [7, 11) is 0. The van der Waals surface area contributed by atoms with E-state index in [2.05, 4.69) is 5.32 Å². The van der Waals surface area contributed by atoms with Gasteiger partial charge in [0.15, 0.2) is 0 Å². The van der Waals surface area contributed by atoms with Crippen LogP contribution >= 0.6 is 11.6 Å². The fourth-order valence-corrected chi connectivity index (χ4v) is 1.19. The highest BCUT2D eigenvalue weighted by atomic mass is 35.5. The molecule has 0 amide bonds.